The van der Waals surface area contributed by atoms with E-state index in [4.69, 9.17) is 0 Å². The average molecular weight is 367 g/mol. The lowest BCUT2D eigenvalue weighted by molar-refractivity contribution is 0.789. The van der Waals surface area contributed by atoms with Crippen LogP contribution in [0.5, 0.6) is 0 Å². The number of hydrogen-bond acceptors (Lipinski definition) is 4. The highest BCUT2D eigenvalue weighted by atomic mass is 33.7. The minimum absolute atomic E-state index is 0.121. The van der Waals surface area contributed by atoms with Crippen LogP contribution in [0, 0.1) is 0 Å². The summed E-state index contributed by atoms with van der Waals surface area (Å²) in [5.41, 5.74) is 2.75. The number of benzene rings is 2. The second-order valence-electron chi connectivity index (χ2n) is 6.06. The lowest BCUT2D eigenvalue weighted by Gasteiger charge is -2.26. The molecule has 0 nitrogen and oxygen atoms in total. The fourth-order valence-electron chi connectivity index (χ4n) is 1.97. The van der Waals surface area contributed by atoms with Gasteiger partial charge >= 0.3 is 0 Å². The van der Waals surface area contributed by atoms with Crippen molar-refractivity contribution in [1.82, 2.24) is 0 Å². The summed E-state index contributed by atoms with van der Waals surface area (Å²) < 4.78 is 0.243. The second-order valence-corrected chi connectivity index (χ2v) is 13.0. The largest absolute Gasteiger partial charge is 0.0706 e. The molecule has 0 bridgehead atoms. The van der Waals surface area contributed by atoms with Crippen molar-refractivity contribution in [3.8, 4) is 0 Å². The molecule has 0 atom stereocenters. The topological polar surface area (TPSA) is 0 Å². The van der Waals surface area contributed by atoms with E-state index in [-0.39, 0.29) is 9.49 Å². The molecule has 2 rings (SSSR count). The Morgan fingerprint density at radius 1 is 0.545 bits per heavy atom. The zero-order valence-corrected chi connectivity index (χ0v) is 16.7. The molecule has 118 valence electrons. The van der Waals surface area contributed by atoms with Gasteiger partial charge in [-0.1, -0.05) is 82.3 Å². The van der Waals surface area contributed by atoms with Gasteiger partial charge < -0.3 is 0 Å². The second kappa shape index (κ2) is 8.09. The first-order chi connectivity index (χ1) is 10.4. The van der Waals surface area contributed by atoms with E-state index in [1.807, 2.05) is 41.2 Å². The van der Waals surface area contributed by atoms with Crippen LogP contribution in [-0.4, -0.2) is 0 Å². The summed E-state index contributed by atoms with van der Waals surface area (Å²) in [6.45, 7) is 9.14. The molecule has 0 aliphatic heterocycles. The smallest absolute Gasteiger partial charge is 0.0464 e. The minimum atomic E-state index is 0.121. The molecule has 0 heterocycles. The maximum absolute atomic E-state index is 2.29. The van der Waals surface area contributed by atoms with Crippen molar-refractivity contribution >= 4 is 41.2 Å². The third-order valence-corrected chi connectivity index (χ3v) is 11.2. The minimum Gasteiger partial charge on any atom is -0.0706 e. The highest BCUT2D eigenvalue weighted by Crippen LogP contribution is 2.56. The zero-order chi connectivity index (χ0) is 16.1. The van der Waals surface area contributed by atoms with Crippen molar-refractivity contribution in [3.05, 3.63) is 71.8 Å². The molecule has 0 aromatic heterocycles. The molecule has 4 heteroatoms. The van der Waals surface area contributed by atoms with E-state index >= 15 is 0 Å². The van der Waals surface area contributed by atoms with E-state index in [2.05, 4.69) is 88.4 Å². The van der Waals surface area contributed by atoms with E-state index in [0.717, 1.165) is 0 Å². The fourth-order valence-corrected chi connectivity index (χ4v) is 9.66. The van der Waals surface area contributed by atoms with Crippen molar-refractivity contribution in [2.75, 3.05) is 0 Å². The summed E-state index contributed by atoms with van der Waals surface area (Å²) in [5.74, 6) is 0. The van der Waals surface area contributed by atoms with Gasteiger partial charge in [0.1, 0.15) is 0 Å². The van der Waals surface area contributed by atoms with Gasteiger partial charge in [-0.3, -0.25) is 0 Å². The van der Waals surface area contributed by atoms with Crippen molar-refractivity contribution < 1.29 is 0 Å². The maximum Gasteiger partial charge on any atom is 0.0464 e. The molecule has 0 fully saturated rings. The normalized spacial score (nSPS) is 12.4. The molecule has 2 aromatic rings. The van der Waals surface area contributed by atoms with Gasteiger partial charge in [-0.25, -0.2) is 0 Å². The van der Waals surface area contributed by atoms with Gasteiger partial charge in [-0.2, -0.15) is 0 Å². The van der Waals surface area contributed by atoms with Crippen LogP contribution in [0.15, 0.2) is 60.7 Å². The van der Waals surface area contributed by atoms with Gasteiger partial charge in [-0.05, 0) is 58.5 Å². The highest BCUT2D eigenvalue weighted by Gasteiger charge is 2.24. The Labute approximate surface area is 149 Å². The lowest BCUT2D eigenvalue weighted by Crippen LogP contribution is -2.10. The summed E-state index contributed by atoms with van der Waals surface area (Å²) in [4.78, 5) is 0. The van der Waals surface area contributed by atoms with Gasteiger partial charge in [0.2, 0.25) is 0 Å². The van der Waals surface area contributed by atoms with Crippen molar-refractivity contribution in [3.63, 3.8) is 0 Å². The maximum atomic E-state index is 2.29. The molecule has 0 N–H and O–H groups in total. The molecular formula is C18H22S4. The Balaban J connectivity index is 1.84. The molecule has 0 aliphatic rings. The SMILES string of the molecule is CC(C)(SSSSC(C)(C)c1ccccc1)c1ccccc1. The van der Waals surface area contributed by atoms with Crippen molar-refractivity contribution in [1.29, 1.82) is 0 Å². The third-order valence-electron chi connectivity index (χ3n) is 3.45. The Bertz CT molecular complexity index is 511. The summed E-state index contributed by atoms with van der Waals surface area (Å²) >= 11 is 0. The molecule has 0 unspecified atom stereocenters. The Morgan fingerprint density at radius 3 is 1.18 bits per heavy atom. The monoisotopic (exact) mass is 366 g/mol. The Morgan fingerprint density at radius 2 is 0.864 bits per heavy atom. The predicted molar refractivity (Wildman–Crippen MR) is 109 cm³/mol. The molecule has 22 heavy (non-hydrogen) atoms. The Hall–Kier alpha value is -0.160. The molecule has 0 radical (unpaired) electrons. The van der Waals surface area contributed by atoms with Gasteiger partial charge in [-0.15, -0.1) is 0 Å². The molecule has 0 amide bonds. The van der Waals surface area contributed by atoms with Crippen molar-refractivity contribution in [2.45, 2.75) is 37.2 Å². The van der Waals surface area contributed by atoms with Crippen LogP contribution >= 0.6 is 41.2 Å². The first-order valence-electron chi connectivity index (χ1n) is 7.23. The standard InChI is InChI=1S/C18H22S4/c1-17(2,15-11-7-5-8-12-15)19-21-22-20-18(3,4)16-13-9-6-10-14-16/h5-14H,1-4H3. The summed E-state index contributed by atoms with van der Waals surface area (Å²) in [7, 11) is 7.60. The van der Waals surface area contributed by atoms with E-state index in [9.17, 15) is 0 Å². The number of rotatable bonds is 7. The van der Waals surface area contributed by atoms with E-state index in [1.54, 1.807) is 0 Å². The summed E-state index contributed by atoms with van der Waals surface area (Å²) in [5, 5.41) is 0. The van der Waals surface area contributed by atoms with Crippen LogP contribution < -0.4 is 0 Å². The van der Waals surface area contributed by atoms with Crippen LogP contribution in [0.3, 0.4) is 0 Å². The predicted octanol–water partition coefficient (Wildman–Crippen LogP) is 7.53. The molecule has 0 aliphatic carbocycles. The fraction of sp³-hybridized carbons (Fsp3) is 0.333. The molecule has 2 aromatic carbocycles. The van der Waals surface area contributed by atoms with Crippen LogP contribution in [0.2, 0.25) is 0 Å². The molecule has 0 spiro atoms. The molecule has 0 saturated carbocycles. The summed E-state index contributed by atoms with van der Waals surface area (Å²) in [6.07, 6.45) is 0. The van der Waals surface area contributed by atoms with Crippen LogP contribution in [0.4, 0.5) is 0 Å². The van der Waals surface area contributed by atoms with Gasteiger partial charge in [0.05, 0.1) is 0 Å². The first-order valence-corrected chi connectivity index (χ1v) is 12.0. The van der Waals surface area contributed by atoms with Gasteiger partial charge in [0.15, 0.2) is 0 Å². The van der Waals surface area contributed by atoms with E-state index in [1.165, 1.54) is 11.1 Å². The lowest BCUT2D eigenvalue weighted by atomic mass is 10.0. The first kappa shape index (κ1) is 18.2. The summed E-state index contributed by atoms with van der Waals surface area (Å²) in [6, 6.07) is 21.4. The Kier molecular flexibility index (Phi) is 6.69. The van der Waals surface area contributed by atoms with Gasteiger partial charge in [0, 0.05) is 9.49 Å². The van der Waals surface area contributed by atoms with Crippen LogP contribution in [0.25, 0.3) is 0 Å². The zero-order valence-electron chi connectivity index (χ0n) is 13.4. The molecule has 0 saturated heterocycles. The third kappa shape index (κ3) is 5.19. The van der Waals surface area contributed by atoms with Crippen LogP contribution in [0.1, 0.15) is 38.8 Å². The quantitative estimate of drug-likeness (QED) is 0.366. The molecular weight excluding hydrogens is 344 g/mol. The highest BCUT2D eigenvalue weighted by molar-refractivity contribution is 9.26. The van der Waals surface area contributed by atoms with Gasteiger partial charge in [0.25, 0.3) is 0 Å². The van der Waals surface area contributed by atoms with Crippen LogP contribution in [-0.2, 0) is 9.49 Å². The number of hydrogen-bond donors (Lipinski definition) is 0. The van der Waals surface area contributed by atoms with E-state index in [0.29, 0.717) is 0 Å². The van der Waals surface area contributed by atoms with E-state index < -0.39 is 0 Å². The van der Waals surface area contributed by atoms with Crippen molar-refractivity contribution in [2.24, 2.45) is 0 Å². The average Bonchev–Trinajstić information content (AvgIpc) is 2.53.